The molecule has 7 rings (SSSR count). The number of aromatic nitrogens is 4. The molecule has 214 valence electrons. The van der Waals surface area contributed by atoms with E-state index in [1.165, 1.54) is 88.7 Å². The second-order valence-electron chi connectivity index (χ2n) is 12.0. The highest BCUT2D eigenvalue weighted by Gasteiger charge is 2.37. The van der Waals surface area contributed by atoms with Crippen molar-refractivity contribution in [1.82, 2.24) is 18.7 Å². The summed E-state index contributed by atoms with van der Waals surface area (Å²) in [7, 11) is 0. The summed E-state index contributed by atoms with van der Waals surface area (Å²) in [6.45, 7) is 18.7. The molecule has 4 aromatic rings. The first kappa shape index (κ1) is 26.5. The predicted octanol–water partition coefficient (Wildman–Crippen LogP) is 4.73. The van der Waals surface area contributed by atoms with Gasteiger partial charge in [0.15, 0.2) is 6.29 Å². The standard InChI is InChI=1S/C37H46N4/c1-9-21-22(10-2)30-18-32-24(12-4)26(14-6)34-20-36-28(16-8)27(15-7)35-19-33-25(13-5)23(11-3)31(17-29(21)38-30)39(33)37(40(32)34)41(35)36/h17-20,37-38H,9-16H2,1-8H3/b29-17-,30-18-,31-17?,32-18?. The molecule has 0 saturated carbocycles. The summed E-state index contributed by atoms with van der Waals surface area (Å²) in [5.41, 5.74) is 17.7. The Bertz CT molecular complexity index is 1840. The highest BCUT2D eigenvalue weighted by Crippen LogP contribution is 2.38. The van der Waals surface area contributed by atoms with Crippen LogP contribution in [0.15, 0.2) is 0 Å². The van der Waals surface area contributed by atoms with Gasteiger partial charge in [-0.25, -0.2) is 0 Å². The van der Waals surface area contributed by atoms with Crippen molar-refractivity contribution in [1.29, 1.82) is 0 Å². The predicted molar refractivity (Wildman–Crippen MR) is 172 cm³/mol. The zero-order valence-electron chi connectivity index (χ0n) is 26.4. The average Bonchev–Trinajstić information content (AvgIpc) is 3.68. The summed E-state index contributed by atoms with van der Waals surface area (Å²) < 4.78 is 8.14. The smallest absolute Gasteiger partial charge is 0.194 e. The van der Waals surface area contributed by atoms with Crippen molar-refractivity contribution < 1.29 is 0 Å². The van der Waals surface area contributed by atoms with Crippen molar-refractivity contribution in [3.63, 3.8) is 0 Å². The Morgan fingerprint density at radius 3 is 1.05 bits per heavy atom. The molecule has 4 nitrogen and oxygen atoms in total. The largest absolute Gasteiger partial charge is 0.355 e. The van der Waals surface area contributed by atoms with Crippen molar-refractivity contribution in [3.8, 4) is 0 Å². The number of H-pyrrole nitrogens is 1. The molecule has 0 aromatic carbocycles. The first-order valence-electron chi connectivity index (χ1n) is 16.4. The second kappa shape index (κ2) is 9.58. The lowest BCUT2D eigenvalue weighted by Gasteiger charge is -2.34. The fraction of sp³-hybridized carbons (Fsp3) is 0.459. The molecule has 7 heterocycles. The van der Waals surface area contributed by atoms with Gasteiger partial charge < -0.3 is 18.7 Å². The van der Waals surface area contributed by atoms with Crippen molar-refractivity contribution in [3.05, 3.63) is 88.7 Å². The molecule has 3 aliphatic rings. The van der Waals surface area contributed by atoms with Gasteiger partial charge in [-0.1, -0.05) is 55.4 Å². The molecule has 3 aliphatic heterocycles. The van der Waals surface area contributed by atoms with E-state index in [2.05, 4.69) is 98.4 Å². The summed E-state index contributed by atoms with van der Waals surface area (Å²) >= 11 is 0. The lowest BCUT2D eigenvalue weighted by atomic mass is 10.0. The lowest BCUT2D eigenvalue weighted by Crippen LogP contribution is -2.46. The second-order valence-corrected chi connectivity index (χ2v) is 12.0. The first-order valence-corrected chi connectivity index (χ1v) is 16.4. The van der Waals surface area contributed by atoms with Crippen LogP contribution in [0.2, 0.25) is 0 Å². The molecule has 0 amide bonds. The van der Waals surface area contributed by atoms with E-state index in [1.807, 2.05) is 0 Å². The highest BCUT2D eigenvalue weighted by atomic mass is 15.4. The molecule has 0 atom stereocenters. The average molecular weight is 547 g/mol. The molecule has 0 unspecified atom stereocenters. The Morgan fingerprint density at radius 2 is 0.732 bits per heavy atom. The maximum atomic E-state index is 3.95. The van der Waals surface area contributed by atoms with Crippen LogP contribution < -0.4 is 21.4 Å². The molecule has 0 aliphatic carbocycles. The number of fused-ring (bicyclic) bond motifs is 2. The minimum Gasteiger partial charge on any atom is -0.355 e. The van der Waals surface area contributed by atoms with Gasteiger partial charge in [0, 0.05) is 10.7 Å². The van der Waals surface area contributed by atoms with Gasteiger partial charge in [-0.2, -0.15) is 0 Å². The van der Waals surface area contributed by atoms with Gasteiger partial charge in [0.25, 0.3) is 0 Å². The number of aromatic amines is 1. The van der Waals surface area contributed by atoms with Crippen LogP contribution in [0.1, 0.15) is 129 Å². The molecule has 4 aromatic heterocycles. The summed E-state index contributed by atoms with van der Waals surface area (Å²) in [5, 5.41) is 5.45. The molecule has 0 saturated heterocycles. The van der Waals surface area contributed by atoms with Gasteiger partial charge in [0.1, 0.15) is 0 Å². The van der Waals surface area contributed by atoms with Crippen LogP contribution in [0.25, 0.3) is 24.3 Å². The monoisotopic (exact) mass is 546 g/mol. The molecular formula is C37H46N4. The number of hydrogen-bond acceptors (Lipinski definition) is 0. The number of hydrogen-bond donors (Lipinski definition) is 1. The van der Waals surface area contributed by atoms with Gasteiger partial charge in [-0.15, -0.1) is 0 Å². The van der Waals surface area contributed by atoms with Crippen LogP contribution in [0.5, 0.6) is 0 Å². The quantitative estimate of drug-likeness (QED) is 0.286. The van der Waals surface area contributed by atoms with Gasteiger partial charge in [0.05, 0.1) is 33.5 Å². The Morgan fingerprint density at radius 1 is 0.415 bits per heavy atom. The zero-order chi connectivity index (χ0) is 28.7. The van der Waals surface area contributed by atoms with E-state index in [1.54, 1.807) is 0 Å². The number of nitrogens with one attached hydrogen (secondary N) is 1. The summed E-state index contributed by atoms with van der Waals surface area (Å²) in [6, 6.07) is 0. The molecular weight excluding hydrogens is 500 g/mol. The number of nitrogens with zero attached hydrogens (tertiary/aromatic N) is 3. The van der Waals surface area contributed by atoms with Gasteiger partial charge in [-0.3, -0.25) is 0 Å². The normalized spacial score (nSPS) is 16.0. The molecule has 0 radical (unpaired) electrons. The van der Waals surface area contributed by atoms with Crippen LogP contribution in [0, 0.1) is 0 Å². The minimum atomic E-state index is 0.0631. The summed E-state index contributed by atoms with van der Waals surface area (Å²) in [5.74, 6) is 0. The fourth-order valence-electron chi connectivity index (χ4n) is 8.80. The van der Waals surface area contributed by atoms with Crippen molar-refractivity contribution in [2.45, 2.75) is 113 Å². The Hall–Kier alpha value is -3.40. The van der Waals surface area contributed by atoms with Crippen LogP contribution >= 0.6 is 0 Å². The third-order valence-corrected chi connectivity index (χ3v) is 10.4. The third-order valence-electron chi connectivity index (χ3n) is 10.4. The summed E-state index contributed by atoms with van der Waals surface area (Å²) in [4.78, 5) is 3.95. The van der Waals surface area contributed by atoms with Crippen LogP contribution in [0.3, 0.4) is 0 Å². The topological polar surface area (TPSA) is 30.6 Å². The van der Waals surface area contributed by atoms with E-state index in [0.29, 0.717) is 0 Å². The van der Waals surface area contributed by atoms with E-state index in [-0.39, 0.29) is 6.29 Å². The molecule has 0 fully saturated rings. The number of rotatable bonds is 8. The molecule has 0 spiro atoms. The third kappa shape index (κ3) is 3.22. The first-order chi connectivity index (χ1) is 20.0. The van der Waals surface area contributed by atoms with Crippen LogP contribution in [-0.4, -0.2) is 18.7 Å². The Kier molecular flexibility index (Phi) is 6.19. The Labute approximate surface area is 244 Å². The minimum absolute atomic E-state index is 0.0631. The van der Waals surface area contributed by atoms with E-state index >= 15 is 0 Å². The maximum Gasteiger partial charge on any atom is 0.194 e. The van der Waals surface area contributed by atoms with Crippen molar-refractivity contribution in [2.75, 3.05) is 0 Å². The molecule has 1 N–H and O–H groups in total. The fourth-order valence-corrected chi connectivity index (χ4v) is 8.80. The van der Waals surface area contributed by atoms with Gasteiger partial charge >= 0.3 is 0 Å². The molecule has 4 heteroatoms. The van der Waals surface area contributed by atoms with E-state index in [9.17, 15) is 0 Å². The molecule has 41 heavy (non-hydrogen) atoms. The zero-order valence-corrected chi connectivity index (χ0v) is 26.4. The van der Waals surface area contributed by atoms with E-state index in [4.69, 9.17) is 0 Å². The van der Waals surface area contributed by atoms with E-state index < -0.39 is 0 Å². The summed E-state index contributed by atoms with van der Waals surface area (Å²) in [6.07, 6.45) is 18.6. The van der Waals surface area contributed by atoms with Gasteiger partial charge in [-0.05, 0) is 120 Å². The van der Waals surface area contributed by atoms with Crippen molar-refractivity contribution >= 4 is 24.3 Å². The van der Waals surface area contributed by atoms with Crippen molar-refractivity contribution in [2.24, 2.45) is 0 Å². The SMILES string of the molecule is CCc1c(CC)c2n3c1C=c1c(CC)c(CC)c4n1C3n1c(c(CC)c(CC)c1/C=c1\[nH]/c(c(CC)c1CC)=C\2)C=4. The van der Waals surface area contributed by atoms with Crippen LogP contribution in [-0.2, 0) is 51.4 Å². The van der Waals surface area contributed by atoms with E-state index in [0.717, 1.165) is 51.4 Å². The van der Waals surface area contributed by atoms with Crippen LogP contribution in [0.4, 0.5) is 0 Å². The highest BCUT2D eigenvalue weighted by molar-refractivity contribution is 5.70. The lowest BCUT2D eigenvalue weighted by molar-refractivity contribution is 0.336. The molecule has 2 bridgehead atoms. The maximum absolute atomic E-state index is 3.95. The van der Waals surface area contributed by atoms with Gasteiger partial charge in [0.2, 0.25) is 0 Å². The Balaban J connectivity index is 1.81.